The average molecular weight is 284 g/mol. The van der Waals surface area contributed by atoms with Crippen LogP contribution in [0.5, 0.6) is 0 Å². The molecule has 0 spiro atoms. The summed E-state index contributed by atoms with van der Waals surface area (Å²) in [5.74, 6) is -0.850. The van der Waals surface area contributed by atoms with Gasteiger partial charge >= 0.3 is 5.97 Å². The number of anilines is 1. The first-order chi connectivity index (χ1) is 9.24. The van der Waals surface area contributed by atoms with Gasteiger partial charge in [0.05, 0.1) is 24.8 Å². The molecule has 1 heterocycles. The number of carboxylic acids is 1. The molecule has 0 saturated heterocycles. The van der Waals surface area contributed by atoms with E-state index in [2.05, 4.69) is 10.3 Å². The molecule has 1 aromatic rings. The quantitative estimate of drug-likeness (QED) is 0.753. The maximum Gasteiger partial charge on any atom is 0.309 e. The molecule has 19 heavy (non-hydrogen) atoms. The van der Waals surface area contributed by atoms with Gasteiger partial charge in [0.2, 0.25) is 0 Å². The fourth-order valence-corrected chi connectivity index (χ4v) is 2.98. The van der Waals surface area contributed by atoms with Crippen molar-refractivity contribution in [2.24, 2.45) is 0 Å². The zero-order chi connectivity index (χ0) is 13.5. The summed E-state index contributed by atoms with van der Waals surface area (Å²) >= 11 is 1.44. The van der Waals surface area contributed by atoms with Crippen molar-refractivity contribution < 1.29 is 14.6 Å². The van der Waals surface area contributed by atoms with Gasteiger partial charge in [0.25, 0.3) is 0 Å². The first-order valence-corrected chi connectivity index (χ1v) is 7.63. The first kappa shape index (κ1) is 14.3. The topological polar surface area (TPSA) is 71.5 Å². The molecule has 1 fully saturated rings. The van der Waals surface area contributed by atoms with Crippen molar-refractivity contribution in [3.63, 3.8) is 0 Å². The molecule has 1 aromatic heterocycles. The Labute approximate surface area is 117 Å². The molecular formula is C13H20N2O3S. The monoisotopic (exact) mass is 284 g/mol. The van der Waals surface area contributed by atoms with Crippen LogP contribution in [0, 0.1) is 0 Å². The number of aromatic nitrogens is 1. The Morgan fingerprint density at radius 3 is 3.00 bits per heavy atom. The summed E-state index contributed by atoms with van der Waals surface area (Å²) in [6.45, 7) is 1.40. The summed E-state index contributed by atoms with van der Waals surface area (Å²) in [5.41, 5.74) is 0.605. The fourth-order valence-electron chi connectivity index (χ4n) is 2.24. The Balaban J connectivity index is 1.62. The van der Waals surface area contributed by atoms with Crippen molar-refractivity contribution in [2.45, 2.75) is 44.6 Å². The van der Waals surface area contributed by atoms with Gasteiger partial charge in [-0.2, -0.15) is 0 Å². The molecule has 1 aliphatic rings. The van der Waals surface area contributed by atoms with Crippen LogP contribution >= 0.6 is 11.3 Å². The Morgan fingerprint density at radius 2 is 2.26 bits per heavy atom. The van der Waals surface area contributed by atoms with Gasteiger partial charge in [-0.25, -0.2) is 4.98 Å². The first-order valence-electron chi connectivity index (χ1n) is 6.75. The molecule has 0 aromatic carbocycles. The van der Waals surface area contributed by atoms with E-state index < -0.39 is 5.97 Å². The van der Waals surface area contributed by atoms with Gasteiger partial charge in [-0.05, 0) is 12.8 Å². The SMILES string of the molecule is O=C(O)Cc1csc(NCCOC2CCCCC2)n1. The van der Waals surface area contributed by atoms with Crippen molar-refractivity contribution in [3.8, 4) is 0 Å². The molecule has 0 atom stereocenters. The highest BCUT2D eigenvalue weighted by atomic mass is 32.1. The minimum atomic E-state index is -0.850. The van der Waals surface area contributed by atoms with Crippen molar-refractivity contribution in [2.75, 3.05) is 18.5 Å². The van der Waals surface area contributed by atoms with Crippen molar-refractivity contribution >= 4 is 22.4 Å². The largest absolute Gasteiger partial charge is 0.481 e. The van der Waals surface area contributed by atoms with Crippen LogP contribution in [0.2, 0.25) is 0 Å². The van der Waals surface area contributed by atoms with E-state index in [4.69, 9.17) is 9.84 Å². The molecule has 1 saturated carbocycles. The van der Waals surface area contributed by atoms with E-state index >= 15 is 0 Å². The molecule has 2 rings (SSSR count). The smallest absolute Gasteiger partial charge is 0.309 e. The van der Waals surface area contributed by atoms with Crippen LogP contribution < -0.4 is 5.32 Å². The van der Waals surface area contributed by atoms with Gasteiger partial charge in [0, 0.05) is 11.9 Å². The second kappa shape index (κ2) is 7.45. The van der Waals surface area contributed by atoms with Crippen molar-refractivity contribution in [3.05, 3.63) is 11.1 Å². The van der Waals surface area contributed by atoms with Gasteiger partial charge in [-0.15, -0.1) is 11.3 Å². The van der Waals surface area contributed by atoms with Crippen LogP contribution in [0.3, 0.4) is 0 Å². The van der Waals surface area contributed by atoms with Crippen LogP contribution in [-0.4, -0.2) is 35.3 Å². The van der Waals surface area contributed by atoms with E-state index in [0.29, 0.717) is 18.4 Å². The summed E-state index contributed by atoms with van der Waals surface area (Å²) in [7, 11) is 0. The normalized spacial score (nSPS) is 16.4. The molecule has 0 bridgehead atoms. The van der Waals surface area contributed by atoms with Crippen molar-refractivity contribution in [1.82, 2.24) is 4.98 Å². The minimum absolute atomic E-state index is 0.0171. The second-order valence-corrected chi connectivity index (χ2v) is 5.63. The fraction of sp³-hybridized carbons (Fsp3) is 0.692. The number of hydrogen-bond donors (Lipinski definition) is 2. The minimum Gasteiger partial charge on any atom is -0.481 e. The summed E-state index contributed by atoms with van der Waals surface area (Å²) in [6, 6.07) is 0. The van der Waals surface area contributed by atoms with Crippen LogP contribution in [0.15, 0.2) is 5.38 Å². The van der Waals surface area contributed by atoms with Crippen LogP contribution in [0.1, 0.15) is 37.8 Å². The molecule has 106 valence electrons. The predicted molar refractivity (Wildman–Crippen MR) is 74.8 cm³/mol. The molecule has 0 unspecified atom stereocenters. The number of carboxylic acid groups (broad SMARTS) is 1. The van der Waals surface area contributed by atoms with Crippen LogP contribution in [-0.2, 0) is 16.0 Å². The number of aliphatic carboxylic acids is 1. The van der Waals surface area contributed by atoms with Crippen LogP contribution in [0.25, 0.3) is 0 Å². The third kappa shape index (κ3) is 5.16. The number of thiazole rings is 1. The average Bonchev–Trinajstić information content (AvgIpc) is 2.83. The Bertz CT molecular complexity index is 402. The Kier molecular flexibility index (Phi) is 5.60. The highest BCUT2D eigenvalue weighted by Gasteiger charge is 2.13. The number of rotatable bonds is 7. The number of nitrogens with one attached hydrogen (secondary N) is 1. The molecule has 0 amide bonds. The zero-order valence-corrected chi connectivity index (χ0v) is 11.7. The molecule has 5 nitrogen and oxygen atoms in total. The second-order valence-electron chi connectivity index (χ2n) is 4.77. The number of ether oxygens (including phenoxy) is 1. The standard InChI is InChI=1S/C13H20N2O3S/c16-12(17)8-10-9-19-13(15-10)14-6-7-18-11-4-2-1-3-5-11/h9,11H,1-8H2,(H,14,15)(H,16,17). The van der Waals surface area contributed by atoms with E-state index in [1.54, 1.807) is 5.38 Å². The van der Waals surface area contributed by atoms with Gasteiger partial charge < -0.3 is 15.2 Å². The summed E-state index contributed by atoms with van der Waals surface area (Å²) in [6.07, 6.45) is 6.67. The number of nitrogens with zero attached hydrogens (tertiary/aromatic N) is 1. The maximum atomic E-state index is 10.5. The molecule has 0 aliphatic heterocycles. The number of hydrogen-bond acceptors (Lipinski definition) is 5. The summed E-state index contributed by atoms with van der Waals surface area (Å²) < 4.78 is 5.80. The van der Waals surface area contributed by atoms with E-state index in [-0.39, 0.29) is 6.42 Å². The highest BCUT2D eigenvalue weighted by Crippen LogP contribution is 2.20. The zero-order valence-electron chi connectivity index (χ0n) is 10.9. The predicted octanol–water partition coefficient (Wildman–Crippen LogP) is 2.53. The molecule has 6 heteroatoms. The Hall–Kier alpha value is -1.14. The third-order valence-corrected chi connectivity index (χ3v) is 4.02. The maximum absolute atomic E-state index is 10.5. The van der Waals surface area contributed by atoms with Gasteiger partial charge in [-0.1, -0.05) is 19.3 Å². The lowest BCUT2D eigenvalue weighted by atomic mass is 9.98. The lowest BCUT2D eigenvalue weighted by Crippen LogP contribution is -2.20. The molecule has 2 N–H and O–H groups in total. The lowest BCUT2D eigenvalue weighted by Gasteiger charge is -2.21. The van der Waals surface area contributed by atoms with E-state index in [0.717, 1.165) is 11.7 Å². The van der Waals surface area contributed by atoms with Gasteiger partial charge in [-0.3, -0.25) is 4.79 Å². The molecule has 1 aliphatic carbocycles. The summed E-state index contributed by atoms with van der Waals surface area (Å²) in [5, 5.41) is 14.4. The van der Waals surface area contributed by atoms with E-state index in [9.17, 15) is 4.79 Å². The lowest BCUT2D eigenvalue weighted by molar-refractivity contribution is -0.136. The molecular weight excluding hydrogens is 264 g/mol. The highest BCUT2D eigenvalue weighted by molar-refractivity contribution is 7.13. The van der Waals surface area contributed by atoms with Gasteiger partial charge in [0.15, 0.2) is 5.13 Å². The Morgan fingerprint density at radius 1 is 1.47 bits per heavy atom. The summed E-state index contributed by atoms with van der Waals surface area (Å²) in [4.78, 5) is 14.7. The third-order valence-electron chi connectivity index (χ3n) is 3.17. The van der Waals surface area contributed by atoms with Crippen LogP contribution in [0.4, 0.5) is 5.13 Å². The van der Waals surface area contributed by atoms with Crippen molar-refractivity contribution in [1.29, 1.82) is 0 Å². The van der Waals surface area contributed by atoms with Gasteiger partial charge in [0.1, 0.15) is 0 Å². The number of carbonyl (C=O) groups is 1. The molecule has 0 radical (unpaired) electrons. The van der Waals surface area contributed by atoms with E-state index in [1.165, 1.54) is 43.4 Å². The van der Waals surface area contributed by atoms with E-state index in [1.807, 2.05) is 0 Å².